The minimum absolute atomic E-state index is 0.0159. The summed E-state index contributed by atoms with van der Waals surface area (Å²) in [5, 5.41) is 0. The fourth-order valence-electron chi connectivity index (χ4n) is 1.84. The number of benzene rings is 2. The van der Waals surface area contributed by atoms with Crippen LogP contribution in [-0.2, 0) is 16.6 Å². The van der Waals surface area contributed by atoms with Crippen LogP contribution in [0, 0.1) is 5.82 Å². The van der Waals surface area contributed by atoms with Gasteiger partial charge in [-0.25, -0.2) is 4.39 Å². The Bertz CT molecular complexity index is 834. The zero-order chi connectivity index (χ0) is 17.7. The van der Waals surface area contributed by atoms with Gasteiger partial charge in [-0.05, 0) is 36.4 Å². The fraction of sp³-hybridized carbons (Fsp3) is 0.188. The monoisotopic (exact) mass is 351 g/mol. The molecule has 2 aromatic carbocycles. The first-order valence-electron chi connectivity index (χ1n) is 7.01. The molecule has 24 heavy (non-hydrogen) atoms. The van der Waals surface area contributed by atoms with Gasteiger partial charge in [-0.15, -0.1) is 4.40 Å². The van der Waals surface area contributed by atoms with Crippen molar-refractivity contribution in [2.24, 2.45) is 4.40 Å². The van der Waals surface area contributed by atoms with E-state index in [-0.39, 0.29) is 17.3 Å². The number of hydrogen-bond acceptors (Lipinski definition) is 4. The van der Waals surface area contributed by atoms with Crippen LogP contribution in [0.15, 0.2) is 51.8 Å². The molecule has 2 aromatic rings. The highest BCUT2D eigenvalue weighted by Gasteiger charge is 2.18. The van der Waals surface area contributed by atoms with E-state index in [0.717, 1.165) is 0 Å². The Morgan fingerprint density at radius 2 is 1.88 bits per heavy atom. The summed E-state index contributed by atoms with van der Waals surface area (Å²) in [6.07, 6.45) is 1.20. The van der Waals surface area contributed by atoms with Gasteiger partial charge in [-0.3, -0.25) is 0 Å². The second-order valence-corrected chi connectivity index (χ2v) is 6.87. The summed E-state index contributed by atoms with van der Waals surface area (Å²) in [6.45, 7) is -0.0159. The third-order valence-electron chi connectivity index (χ3n) is 2.99. The lowest BCUT2D eigenvalue weighted by atomic mass is 10.2. The van der Waals surface area contributed by atoms with Gasteiger partial charge in [0.05, 0.1) is 4.90 Å². The highest BCUT2D eigenvalue weighted by atomic mass is 32.2. The molecule has 0 saturated carbocycles. The zero-order valence-electron chi connectivity index (χ0n) is 13.3. The molecule has 0 aromatic heterocycles. The lowest BCUT2D eigenvalue weighted by Gasteiger charge is -2.11. The number of ether oxygens (including phenoxy) is 1. The van der Waals surface area contributed by atoms with Crippen LogP contribution in [0.1, 0.15) is 5.56 Å². The maximum absolute atomic E-state index is 12.9. The predicted octanol–water partition coefficient (Wildman–Crippen LogP) is 2.27. The molecule has 2 rings (SSSR count). The standard InChI is InChI=1S/C16H18FN3O3S/c1-20(2)11-19-24(21,22)16-9-14(18)6-3-12(16)10-23-15-7-4-13(17)5-8-15/h3-9,11H,10,18H2,1-2H3/b19-11+. The van der Waals surface area contributed by atoms with Crippen molar-refractivity contribution in [3.05, 3.63) is 53.8 Å². The molecule has 0 aliphatic rings. The Kier molecular flexibility index (Phi) is 5.40. The normalized spacial score (nSPS) is 11.6. The van der Waals surface area contributed by atoms with Gasteiger partial charge < -0.3 is 15.4 Å². The lowest BCUT2D eigenvalue weighted by molar-refractivity contribution is 0.302. The molecule has 0 bridgehead atoms. The summed E-state index contributed by atoms with van der Waals surface area (Å²) in [5.41, 5.74) is 6.41. The SMILES string of the molecule is CN(C)/C=N/S(=O)(=O)c1cc(N)ccc1COc1ccc(F)cc1. The average Bonchev–Trinajstić information content (AvgIpc) is 2.53. The topological polar surface area (TPSA) is 85.0 Å². The van der Waals surface area contributed by atoms with Gasteiger partial charge in [0.1, 0.15) is 24.5 Å². The summed E-state index contributed by atoms with van der Waals surface area (Å²) in [4.78, 5) is 1.49. The fourth-order valence-corrected chi connectivity index (χ4v) is 3.01. The molecule has 0 unspecified atom stereocenters. The number of nitrogen functional groups attached to an aromatic ring is 1. The van der Waals surface area contributed by atoms with Crippen molar-refractivity contribution in [3.63, 3.8) is 0 Å². The van der Waals surface area contributed by atoms with Gasteiger partial charge in [-0.2, -0.15) is 8.42 Å². The molecule has 0 fully saturated rings. The van der Waals surface area contributed by atoms with Crippen molar-refractivity contribution in [2.75, 3.05) is 19.8 Å². The van der Waals surface area contributed by atoms with Crippen LogP contribution in [0.5, 0.6) is 5.75 Å². The van der Waals surface area contributed by atoms with Crippen molar-refractivity contribution in [3.8, 4) is 5.75 Å². The van der Waals surface area contributed by atoms with Crippen LogP contribution in [0.4, 0.5) is 10.1 Å². The van der Waals surface area contributed by atoms with E-state index in [1.165, 1.54) is 41.6 Å². The molecule has 128 valence electrons. The number of nitrogens with zero attached hydrogens (tertiary/aromatic N) is 2. The van der Waals surface area contributed by atoms with Crippen LogP contribution < -0.4 is 10.5 Å². The number of rotatable bonds is 6. The number of hydrogen-bond donors (Lipinski definition) is 1. The van der Waals surface area contributed by atoms with Crippen LogP contribution in [-0.4, -0.2) is 33.8 Å². The molecule has 0 amide bonds. The number of nitrogens with two attached hydrogens (primary N) is 1. The van der Waals surface area contributed by atoms with Crippen LogP contribution in [0.25, 0.3) is 0 Å². The minimum Gasteiger partial charge on any atom is -0.489 e. The molecular formula is C16H18FN3O3S. The summed E-state index contributed by atoms with van der Waals surface area (Å²) < 4.78 is 46.8. The van der Waals surface area contributed by atoms with Crippen LogP contribution in [0.2, 0.25) is 0 Å². The van der Waals surface area contributed by atoms with E-state index in [9.17, 15) is 12.8 Å². The average molecular weight is 351 g/mol. The smallest absolute Gasteiger partial charge is 0.284 e. The molecule has 0 aliphatic carbocycles. The third kappa shape index (κ3) is 4.69. The van der Waals surface area contributed by atoms with Gasteiger partial charge in [-0.1, -0.05) is 6.07 Å². The first-order chi connectivity index (χ1) is 11.3. The van der Waals surface area contributed by atoms with Gasteiger partial charge in [0.25, 0.3) is 10.0 Å². The first kappa shape index (κ1) is 17.7. The number of anilines is 1. The van der Waals surface area contributed by atoms with Crippen molar-refractivity contribution in [2.45, 2.75) is 11.5 Å². The molecular weight excluding hydrogens is 333 g/mol. The van der Waals surface area contributed by atoms with Crippen molar-refractivity contribution < 1.29 is 17.5 Å². The molecule has 8 heteroatoms. The van der Waals surface area contributed by atoms with Crippen molar-refractivity contribution in [1.29, 1.82) is 0 Å². The Labute approximate surface area is 140 Å². The maximum Gasteiger partial charge on any atom is 0.284 e. The van der Waals surface area contributed by atoms with Crippen LogP contribution >= 0.6 is 0 Å². The number of sulfonamides is 1. The van der Waals surface area contributed by atoms with Crippen LogP contribution in [0.3, 0.4) is 0 Å². The highest BCUT2D eigenvalue weighted by molar-refractivity contribution is 7.90. The summed E-state index contributed by atoms with van der Waals surface area (Å²) in [6, 6.07) is 9.94. The highest BCUT2D eigenvalue weighted by Crippen LogP contribution is 2.23. The molecule has 0 heterocycles. The van der Waals surface area contributed by atoms with E-state index in [4.69, 9.17) is 10.5 Å². The Morgan fingerprint density at radius 1 is 1.21 bits per heavy atom. The second kappa shape index (κ2) is 7.31. The molecule has 0 aliphatic heterocycles. The van der Waals surface area contributed by atoms with Gasteiger partial charge >= 0.3 is 0 Å². The third-order valence-corrected chi connectivity index (χ3v) is 4.30. The molecule has 2 N–H and O–H groups in total. The quantitative estimate of drug-likeness (QED) is 0.490. The minimum atomic E-state index is -3.91. The van der Waals surface area contributed by atoms with E-state index >= 15 is 0 Å². The van der Waals surface area contributed by atoms with E-state index < -0.39 is 10.0 Å². The number of halogens is 1. The zero-order valence-corrected chi connectivity index (χ0v) is 14.1. The Balaban J connectivity index is 2.29. The van der Waals surface area contributed by atoms with E-state index in [1.54, 1.807) is 26.2 Å². The Hall–Kier alpha value is -2.61. The van der Waals surface area contributed by atoms with Gasteiger partial charge in [0.2, 0.25) is 0 Å². The largest absolute Gasteiger partial charge is 0.489 e. The Morgan fingerprint density at radius 3 is 2.50 bits per heavy atom. The molecule has 0 spiro atoms. The molecule has 6 nitrogen and oxygen atoms in total. The van der Waals surface area contributed by atoms with Crippen molar-refractivity contribution in [1.82, 2.24) is 4.90 Å². The lowest BCUT2D eigenvalue weighted by Crippen LogP contribution is -2.12. The summed E-state index contributed by atoms with van der Waals surface area (Å²) in [5.74, 6) is 0.0458. The van der Waals surface area contributed by atoms with Crippen molar-refractivity contribution >= 4 is 22.0 Å². The maximum atomic E-state index is 12.9. The van der Waals surface area contributed by atoms with Gasteiger partial charge in [0.15, 0.2) is 0 Å². The molecule has 0 saturated heterocycles. The second-order valence-electron chi connectivity index (χ2n) is 5.27. The van der Waals surface area contributed by atoms with E-state index in [2.05, 4.69) is 4.40 Å². The summed E-state index contributed by atoms with van der Waals surface area (Å²) >= 11 is 0. The van der Waals surface area contributed by atoms with E-state index in [1.807, 2.05) is 0 Å². The first-order valence-corrected chi connectivity index (χ1v) is 8.45. The molecule has 0 radical (unpaired) electrons. The molecule has 0 atom stereocenters. The predicted molar refractivity (Wildman–Crippen MR) is 91.0 cm³/mol. The summed E-state index contributed by atoms with van der Waals surface area (Å²) in [7, 11) is -0.585. The van der Waals surface area contributed by atoms with Gasteiger partial charge in [0, 0.05) is 25.3 Å². The van der Waals surface area contributed by atoms with E-state index in [0.29, 0.717) is 17.0 Å².